The summed E-state index contributed by atoms with van der Waals surface area (Å²) in [4.78, 5) is 23.0. The second-order valence-corrected chi connectivity index (χ2v) is 10.1. The molecule has 1 aromatic heterocycles. The fourth-order valence-electron chi connectivity index (χ4n) is 4.95. The molecule has 3 heterocycles. The van der Waals surface area contributed by atoms with Gasteiger partial charge in [-0.3, -0.25) is 9.69 Å². The Morgan fingerprint density at radius 2 is 1.71 bits per heavy atom. The van der Waals surface area contributed by atoms with Gasteiger partial charge in [0.25, 0.3) is 5.56 Å². The van der Waals surface area contributed by atoms with Crippen LogP contribution in [0.1, 0.15) is 33.9 Å². The van der Waals surface area contributed by atoms with Gasteiger partial charge in [0.05, 0.1) is 30.1 Å². The van der Waals surface area contributed by atoms with Crippen molar-refractivity contribution in [3.8, 4) is 23.7 Å². The van der Waals surface area contributed by atoms with E-state index in [0.717, 1.165) is 49.4 Å². The maximum Gasteiger partial charge on any atom is 0.293 e. The van der Waals surface area contributed by atoms with Crippen LogP contribution in [0.25, 0.3) is 0 Å². The van der Waals surface area contributed by atoms with Crippen molar-refractivity contribution in [1.29, 1.82) is 5.26 Å². The molecular formula is C30H31N5O3. The molecule has 0 amide bonds. The topological polar surface area (TPSA) is 105 Å². The number of methoxy groups -OCH3 is 1. The van der Waals surface area contributed by atoms with E-state index in [1.807, 2.05) is 24.3 Å². The molecule has 194 valence electrons. The average Bonchev–Trinajstić information content (AvgIpc) is 2.89. The lowest BCUT2D eigenvalue weighted by molar-refractivity contribution is -0.0333. The Bertz CT molecular complexity index is 1400. The maximum absolute atomic E-state index is 11.9. The van der Waals surface area contributed by atoms with Gasteiger partial charge in [0, 0.05) is 69.8 Å². The fraction of sp³-hybridized carbons (Fsp3) is 0.367. The summed E-state index contributed by atoms with van der Waals surface area (Å²) >= 11 is 0. The highest BCUT2D eigenvalue weighted by Crippen LogP contribution is 2.27. The Hall–Kier alpha value is -3.95. The van der Waals surface area contributed by atoms with Crippen LogP contribution >= 0.6 is 0 Å². The van der Waals surface area contributed by atoms with Crippen molar-refractivity contribution in [2.45, 2.75) is 25.0 Å². The van der Waals surface area contributed by atoms with Crippen LogP contribution in [0, 0.1) is 29.1 Å². The first-order valence-corrected chi connectivity index (χ1v) is 12.8. The van der Waals surface area contributed by atoms with E-state index >= 15 is 0 Å². The number of nitrogens with zero attached hydrogens (tertiary/aromatic N) is 4. The number of hydrogen-bond acceptors (Lipinski definition) is 7. The van der Waals surface area contributed by atoms with E-state index in [2.05, 4.69) is 61.9 Å². The van der Waals surface area contributed by atoms with Crippen LogP contribution in [0.3, 0.4) is 0 Å². The number of ether oxygens (including phenoxy) is 1. The van der Waals surface area contributed by atoms with Crippen LogP contribution in [-0.4, -0.2) is 70.8 Å². The van der Waals surface area contributed by atoms with Gasteiger partial charge in [0.15, 0.2) is 0 Å². The minimum Gasteiger partial charge on any atom is -0.502 e. The number of rotatable bonds is 8. The number of benzene rings is 2. The summed E-state index contributed by atoms with van der Waals surface area (Å²) in [5.41, 5.74) is 4.05. The number of hydrogen-bond donors (Lipinski definition) is 2. The van der Waals surface area contributed by atoms with Crippen LogP contribution in [0.2, 0.25) is 0 Å². The first-order chi connectivity index (χ1) is 18.5. The third-order valence-electron chi connectivity index (χ3n) is 7.31. The first kappa shape index (κ1) is 25.7. The lowest BCUT2D eigenvalue weighted by Crippen LogP contribution is -2.50. The number of nitriles is 1. The molecule has 38 heavy (non-hydrogen) atoms. The van der Waals surface area contributed by atoms with E-state index in [-0.39, 0.29) is 17.6 Å². The van der Waals surface area contributed by atoms with Gasteiger partial charge >= 0.3 is 0 Å². The molecule has 0 radical (unpaired) electrons. The van der Waals surface area contributed by atoms with E-state index in [4.69, 9.17) is 10.00 Å². The van der Waals surface area contributed by atoms with Gasteiger partial charge in [-0.25, -0.2) is 4.98 Å². The Morgan fingerprint density at radius 1 is 1.05 bits per heavy atom. The molecule has 1 atom stereocenters. The van der Waals surface area contributed by atoms with Crippen LogP contribution in [0.4, 0.5) is 0 Å². The standard InChI is InChI=1S/C30H31N5O3/c1-38-27-18-35(19-27)14-23-6-4-21(5-7-23)2-3-22-8-10-25(11-9-22)26(17-34-15-24(13-31)16-34)12-28-29(36)30(37)33-20-32-28/h4-11,20,24,26-27,36H,12,14-19H2,1H3,(H,32,33,37)/t26-/m1/s1. The molecule has 0 aliphatic carbocycles. The molecule has 8 heteroatoms. The zero-order valence-corrected chi connectivity index (χ0v) is 21.4. The van der Waals surface area contributed by atoms with Crippen molar-refractivity contribution in [2.24, 2.45) is 5.92 Å². The quantitative estimate of drug-likeness (QED) is 0.450. The van der Waals surface area contributed by atoms with E-state index in [1.54, 1.807) is 7.11 Å². The summed E-state index contributed by atoms with van der Waals surface area (Å²) in [6.45, 7) is 5.07. The Morgan fingerprint density at radius 3 is 2.34 bits per heavy atom. The Labute approximate surface area is 222 Å². The number of likely N-dealkylation sites (tertiary alicyclic amines) is 2. The van der Waals surface area contributed by atoms with Gasteiger partial charge in [0.1, 0.15) is 0 Å². The SMILES string of the molecule is COC1CN(Cc2ccc(C#Cc3ccc([C@H](Cc4nc[nH]c(=O)c4O)CN4CC(C#N)C4)cc3)cc2)C1. The summed E-state index contributed by atoms with van der Waals surface area (Å²) < 4.78 is 5.34. The van der Waals surface area contributed by atoms with E-state index in [0.29, 0.717) is 24.8 Å². The summed E-state index contributed by atoms with van der Waals surface area (Å²) in [7, 11) is 1.76. The largest absolute Gasteiger partial charge is 0.502 e. The molecule has 2 aliphatic rings. The van der Waals surface area contributed by atoms with Gasteiger partial charge in [-0.1, -0.05) is 36.1 Å². The molecule has 2 N–H and O–H groups in total. The lowest BCUT2D eigenvalue weighted by Gasteiger charge is -2.38. The number of aromatic hydroxyl groups is 1. The van der Waals surface area contributed by atoms with Crippen molar-refractivity contribution in [3.05, 3.63) is 93.2 Å². The average molecular weight is 510 g/mol. The van der Waals surface area contributed by atoms with Crippen LogP contribution < -0.4 is 5.56 Å². The lowest BCUT2D eigenvalue weighted by atomic mass is 9.90. The third kappa shape index (κ3) is 6.12. The van der Waals surface area contributed by atoms with Crippen molar-refractivity contribution in [3.63, 3.8) is 0 Å². The van der Waals surface area contributed by atoms with E-state index < -0.39 is 5.56 Å². The fourth-order valence-corrected chi connectivity index (χ4v) is 4.95. The number of aromatic nitrogens is 2. The molecule has 2 aromatic carbocycles. The normalized spacial score (nSPS) is 17.1. The van der Waals surface area contributed by atoms with Crippen molar-refractivity contribution < 1.29 is 9.84 Å². The van der Waals surface area contributed by atoms with Gasteiger partial charge in [0.2, 0.25) is 5.75 Å². The molecular weight excluding hydrogens is 478 g/mol. The zero-order valence-electron chi connectivity index (χ0n) is 21.4. The molecule has 0 unspecified atom stereocenters. The van der Waals surface area contributed by atoms with Gasteiger partial charge in [-0.05, 0) is 35.4 Å². The molecule has 2 aliphatic heterocycles. The van der Waals surface area contributed by atoms with Crippen LogP contribution in [-0.2, 0) is 17.7 Å². The van der Waals surface area contributed by atoms with Gasteiger partial charge in [-0.2, -0.15) is 5.26 Å². The van der Waals surface area contributed by atoms with Crippen molar-refractivity contribution in [2.75, 3.05) is 39.8 Å². The smallest absolute Gasteiger partial charge is 0.293 e. The zero-order chi connectivity index (χ0) is 26.5. The second-order valence-electron chi connectivity index (χ2n) is 10.1. The number of nitrogens with one attached hydrogen (secondary N) is 1. The summed E-state index contributed by atoms with van der Waals surface area (Å²) in [5.74, 6) is 6.22. The van der Waals surface area contributed by atoms with Crippen LogP contribution in [0.15, 0.2) is 59.7 Å². The highest BCUT2D eigenvalue weighted by Gasteiger charge is 2.29. The van der Waals surface area contributed by atoms with E-state index in [1.165, 1.54) is 11.9 Å². The first-order valence-electron chi connectivity index (χ1n) is 12.8. The maximum atomic E-state index is 11.9. The third-order valence-corrected chi connectivity index (χ3v) is 7.31. The molecule has 3 aromatic rings. The molecule has 2 saturated heterocycles. The minimum atomic E-state index is -0.541. The molecule has 2 fully saturated rings. The van der Waals surface area contributed by atoms with Crippen molar-refractivity contribution >= 4 is 0 Å². The van der Waals surface area contributed by atoms with E-state index in [9.17, 15) is 9.90 Å². The van der Waals surface area contributed by atoms with Crippen LogP contribution in [0.5, 0.6) is 5.75 Å². The monoisotopic (exact) mass is 509 g/mol. The minimum absolute atomic E-state index is 0.00923. The summed E-state index contributed by atoms with van der Waals surface area (Å²) in [5, 5.41) is 19.3. The highest BCUT2D eigenvalue weighted by molar-refractivity contribution is 5.44. The van der Waals surface area contributed by atoms with Gasteiger partial charge < -0.3 is 19.7 Å². The number of H-pyrrole nitrogens is 1. The second kappa shape index (κ2) is 11.6. The summed E-state index contributed by atoms with van der Waals surface area (Å²) in [6.07, 6.45) is 2.10. The summed E-state index contributed by atoms with van der Waals surface area (Å²) in [6, 6.07) is 18.8. The molecule has 0 bridgehead atoms. The predicted octanol–water partition coefficient (Wildman–Crippen LogP) is 2.49. The molecule has 0 saturated carbocycles. The molecule has 5 rings (SSSR count). The highest BCUT2D eigenvalue weighted by atomic mass is 16.5. The molecule has 8 nitrogen and oxygen atoms in total. The van der Waals surface area contributed by atoms with Gasteiger partial charge in [-0.15, -0.1) is 0 Å². The molecule has 0 spiro atoms. The Balaban J connectivity index is 1.25. The number of aromatic amines is 1. The van der Waals surface area contributed by atoms with Crippen molar-refractivity contribution in [1.82, 2.24) is 19.8 Å². The Kier molecular flexibility index (Phi) is 7.86. The predicted molar refractivity (Wildman–Crippen MR) is 143 cm³/mol.